The summed E-state index contributed by atoms with van der Waals surface area (Å²) in [5.74, 6) is 1.01. The van der Waals surface area contributed by atoms with Crippen molar-refractivity contribution in [2.75, 3.05) is 22.1 Å². The zero-order valence-corrected chi connectivity index (χ0v) is 18.5. The lowest BCUT2D eigenvalue weighted by atomic mass is 10.1. The normalized spacial score (nSPS) is 12.8. The van der Waals surface area contributed by atoms with Crippen molar-refractivity contribution in [2.45, 2.75) is 32.6 Å². The number of nitriles is 1. The van der Waals surface area contributed by atoms with E-state index < -0.39 is 0 Å². The highest BCUT2D eigenvalue weighted by Crippen LogP contribution is 2.32. The average Bonchev–Trinajstić information content (AvgIpc) is 2.97. The minimum atomic E-state index is 0.0387. The van der Waals surface area contributed by atoms with Crippen molar-refractivity contribution in [1.82, 2.24) is 9.97 Å². The number of carbonyl (C=O) groups excluding carboxylic acids is 1. The molecule has 32 heavy (non-hydrogen) atoms. The Kier molecular flexibility index (Phi) is 6.52. The molecule has 3 aromatic rings. The summed E-state index contributed by atoms with van der Waals surface area (Å²) in [4.78, 5) is 23.0. The van der Waals surface area contributed by atoms with Crippen LogP contribution in [0.25, 0.3) is 0 Å². The van der Waals surface area contributed by atoms with Gasteiger partial charge in [0.15, 0.2) is 5.82 Å². The molecule has 0 bridgehead atoms. The smallest absolute Gasteiger partial charge is 0.231 e. The van der Waals surface area contributed by atoms with Crippen molar-refractivity contribution >= 4 is 46.3 Å². The minimum absolute atomic E-state index is 0.0387. The highest BCUT2D eigenvalue weighted by atomic mass is 35.5. The van der Waals surface area contributed by atoms with Crippen LogP contribution in [0.5, 0.6) is 0 Å². The van der Waals surface area contributed by atoms with Crippen LogP contribution in [-0.4, -0.2) is 22.4 Å². The standard InChI is InChI=1S/C24H23ClN6O/c1-2-31(19-10-9-17-6-4-8-22(32)29-21(17)14-19)24-27-15-20(25)23(30-24)28-18-7-3-5-16(13-18)11-12-26/h3,5,7,9-10,13-15H,2,4,6,8,11H2,1H3,(H,29,32)(H,27,28,30). The highest BCUT2D eigenvalue weighted by molar-refractivity contribution is 6.32. The number of hydrogen-bond donors (Lipinski definition) is 2. The zero-order chi connectivity index (χ0) is 22.5. The van der Waals surface area contributed by atoms with Gasteiger partial charge in [0.05, 0.1) is 18.7 Å². The van der Waals surface area contributed by atoms with Gasteiger partial charge in [0.25, 0.3) is 0 Å². The lowest BCUT2D eigenvalue weighted by Gasteiger charge is -2.23. The number of halogens is 1. The van der Waals surface area contributed by atoms with Gasteiger partial charge in [0, 0.05) is 30.0 Å². The van der Waals surface area contributed by atoms with E-state index in [0.29, 0.717) is 36.2 Å². The Balaban J connectivity index is 1.64. The van der Waals surface area contributed by atoms with Crippen LogP contribution in [0, 0.1) is 11.3 Å². The second-order valence-corrected chi connectivity index (χ2v) is 7.92. The number of nitrogens with zero attached hydrogens (tertiary/aromatic N) is 4. The molecular weight excluding hydrogens is 424 g/mol. The molecule has 1 aliphatic heterocycles. The Morgan fingerprint density at radius 3 is 2.94 bits per heavy atom. The van der Waals surface area contributed by atoms with Crippen LogP contribution in [0.4, 0.5) is 28.8 Å². The van der Waals surface area contributed by atoms with Crippen LogP contribution >= 0.6 is 11.6 Å². The predicted molar refractivity (Wildman–Crippen MR) is 127 cm³/mol. The Bertz CT molecular complexity index is 1190. The molecule has 0 saturated heterocycles. The summed E-state index contributed by atoms with van der Waals surface area (Å²) in [6, 6.07) is 15.8. The summed E-state index contributed by atoms with van der Waals surface area (Å²) in [6.45, 7) is 2.64. The molecule has 0 unspecified atom stereocenters. The summed E-state index contributed by atoms with van der Waals surface area (Å²) in [5, 5.41) is 15.6. The van der Waals surface area contributed by atoms with Crippen molar-refractivity contribution < 1.29 is 4.79 Å². The third-order valence-corrected chi connectivity index (χ3v) is 5.57. The molecule has 162 valence electrons. The number of benzene rings is 2. The summed E-state index contributed by atoms with van der Waals surface area (Å²) in [6.07, 6.45) is 4.15. The van der Waals surface area contributed by atoms with Crippen molar-refractivity contribution in [2.24, 2.45) is 0 Å². The molecule has 2 N–H and O–H groups in total. The fourth-order valence-electron chi connectivity index (χ4n) is 3.72. The predicted octanol–water partition coefficient (Wildman–Crippen LogP) is 5.37. The molecule has 0 spiro atoms. The first-order valence-corrected chi connectivity index (χ1v) is 10.9. The zero-order valence-electron chi connectivity index (χ0n) is 17.7. The molecule has 0 aliphatic carbocycles. The number of anilines is 5. The number of hydrogen-bond acceptors (Lipinski definition) is 6. The van der Waals surface area contributed by atoms with Crippen molar-refractivity contribution in [3.8, 4) is 6.07 Å². The van der Waals surface area contributed by atoms with Gasteiger partial charge >= 0.3 is 0 Å². The number of rotatable bonds is 6. The van der Waals surface area contributed by atoms with E-state index >= 15 is 0 Å². The Morgan fingerprint density at radius 2 is 2.12 bits per heavy atom. The number of amides is 1. The van der Waals surface area contributed by atoms with E-state index in [1.165, 1.54) is 0 Å². The maximum atomic E-state index is 12.0. The van der Waals surface area contributed by atoms with Gasteiger partial charge in [-0.2, -0.15) is 10.2 Å². The van der Waals surface area contributed by atoms with Crippen molar-refractivity contribution in [3.63, 3.8) is 0 Å². The lowest BCUT2D eigenvalue weighted by molar-refractivity contribution is -0.116. The molecule has 1 aliphatic rings. The van der Waals surface area contributed by atoms with Gasteiger partial charge in [-0.3, -0.25) is 4.79 Å². The number of nitrogens with one attached hydrogen (secondary N) is 2. The van der Waals surface area contributed by atoms with Gasteiger partial charge in [0.2, 0.25) is 11.9 Å². The maximum absolute atomic E-state index is 12.0. The molecule has 8 heteroatoms. The Labute approximate surface area is 192 Å². The summed E-state index contributed by atoms with van der Waals surface area (Å²) < 4.78 is 0. The van der Waals surface area contributed by atoms with Crippen LogP contribution in [0.1, 0.15) is 30.9 Å². The van der Waals surface area contributed by atoms with Crippen molar-refractivity contribution in [3.05, 3.63) is 64.8 Å². The molecule has 7 nitrogen and oxygen atoms in total. The monoisotopic (exact) mass is 446 g/mol. The van der Waals surface area contributed by atoms with Crippen LogP contribution in [-0.2, 0) is 17.6 Å². The van der Waals surface area contributed by atoms with E-state index in [1.54, 1.807) is 6.20 Å². The van der Waals surface area contributed by atoms with Gasteiger partial charge in [-0.05, 0) is 55.2 Å². The molecule has 0 saturated carbocycles. The topological polar surface area (TPSA) is 93.9 Å². The number of carbonyl (C=O) groups is 1. The molecule has 0 atom stereocenters. The lowest BCUT2D eigenvalue weighted by Crippen LogP contribution is -2.20. The van der Waals surface area contributed by atoms with E-state index in [-0.39, 0.29) is 5.91 Å². The van der Waals surface area contributed by atoms with Gasteiger partial charge in [-0.25, -0.2) is 4.98 Å². The quantitative estimate of drug-likeness (QED) is 0.528. The first-order valence-electron chi connectivity index (χ1n) is 10.5. The Hall–Kier alpha value is -3.63. The summed E-state index contributed by atoms with van der Waals surface area (Å²) >= 11 is 6.36. The van der Waals surface area contributed by atoms with E-state index in [1.807, 2.05) is 48.2 Å². The van der Waals surface area contributed by atoms with Crippen LogP contribution in [0.2, 0.25) is 5.02 Å². The van der Waals surface area contributed by atoms with E-state index in [4.69, 9.17) is 16.9 Å². The maximum Gasteiger partial charge on any atom is 0.231 e. The number of aromatic nitrogens is 2. The van der Waals surface area contributed by atoms with E-state index in [0.717, 1.165) is 41.0 Å². The minimum Gasteiger partial charge on any atom is -0.339 e. The number of fused-ring (bicyclic) bond motifs is 1. The molecule has 4 rings (SSSR count). The Morgan fingerprint density at radius 1 is 1.25 bits per heavy atom. The fraction of sp³-hybridized carbons (Fsp3) is 0.250. The highest BCUT2D eigenvalue weighted by Gasteiger charge is 2.18. The first-order chi connectivity index (χ1) is 15.6. The molecular formula is C24H23ClN6O. The molecule has 2 heterocycles. The van der Waals surface area contributed by atoms with Crippen LogP contribution in [0.15, 0.2) is 48.7 Å². The van der Waals surface area contributed by atoms with Gasteiger partial charge in [-0.1, -0.05) is 29.8 Å². The molecule has 2 aromatic carbocycles. The largest absolute Gasteiger partial charge is 0.339 e. The summed E-state index contributed by atoms with van der Waals surface area (Å²) in [5.41, 5.74) is 4.56. The molecule has 0 radical (unpaired) electrons. The van der Waals surface area contributed by atoms with Crippen molar-refractivity contribution in [1.29, 1.82) is 5.26 Å². The second kappa shape index (κ2) is 9.67. The molecule has 1 amide bonds. The van der Waals surface area contributed by atoms with Gasteiger partial charge in [0.1, 0.15) is 5.02 Å². The van der Waals surface area contributed by atoms with Gasteiger partial charge in [-0.15, -0.1) is 0 Å². The SMILES string of the molecule is CCN(c1ccc2c(c1)NC(=O)CCC2)c1ncc(Cl)c(Nc2cccc(CC#N)c2)n1. The third-order valence-electron chi connectivity index (χ3n) is 5.29. The molecule has 0 fully saturated rings. The fourth-order valence-corrected chi connectivity index (χ4v) is 3.86. The molecule has 1 aromatic heterocycles. The summed E-state index contributed by atoms with van der Waals surface area (Å²) in [7, 11) is 0. The van der Waals surface area contributed by atoms with E-state index in [2.05, 4.69) is 32.7 Å². The van der Waals surface area contributed by atoms with Crippen LogP contribution in [0.3, 0.4) is 0 Å². The average molecular weight is 447 g/mol. The second-order valence-electron chi connectivity index (χ2n) is 7.51. The third kappa shape index (κ3) is 4.82. The van der Waals surface area contributed by atoms with E-state index in [9.17, 15) is 4.79 Å². The van der Waals surface area contributed by atoms with Crippen LogP contribution < -0.4 is 15.5 Å². The first kappa shape index (κ1) is 21.6. The van der Waals surface area contributed by atoms with Gasteiger partial charge < -0.3 is 15.5 Å². The number of aryl methyl sites for hydroxylation is 1.